The molecule has 0 aliphatic heterocycles. The van der Waals surface area contributed by atoms with E-state index in [-0.39, 0.29) is 34.1 Å². The summed E-state index contributed by atoms with van der Waals surface area (Å²) >= 11 is 0. The van der Waals surface area contributed by atoms with Gasteiger partial charge in [0.15, 0.2) is 0 Å². The molecule has 0 N–H and O–H groups in total. The zero-order valence-electron chi connectivity index (χ0n) is 14.0. The van der Waals surface area contributed by atoms with E-state index < -0.39 is 0 Å². The van der Waals surface area contributed by atoms with Crippen molar-refractivity contribution < 1.29 is 34.1 Å². The van der Waals surface area contributed by atoms with Gasteiger partial charge in [0.05, 0.1) is 0 Å². The Morgan fingerprint density at radius 1 is 0.520 bits per heavy atom. The summed E-state index contributed by atoms with van der Waals surface area (Å²) in [5.74, 6) is 0. The fraction of sp³-hybridized carbons (Fsp3) is 0.0909. The van der Waals surface area contributed by atoms with E-state index in [0.717, 1.165) is 9.52 Å². The summed E-state index contributed by atoms with van der Waals surface area (Å²) in [6, 6.07) is 39.7. The summed E-state index contributed by atoms with van der Waals surface area (Å²) in [5.41, 5.74) is 2.95. The minimum absolute atomic E-state index is 0. The summed E-state index contributed by atoms with van der Waals surface area (Å²) in [5, 5.41) is 0. The van der Waals surface area contributed by atoms with Crippen LogP contribution in [0.3, 0.4) is 0 Å². The van der Waals surface area contributed by atoms with Gasteiger partial charge in [0.25, 0.3) is 0 Å². The van der Waals surface area contributed by atoms with Crippen molar-refractivity contribution in [1.29, 1.82) is 0 Å². The van der Waals surface area contributed by atoms with Crippen molar-refractivity contribution in [2.45, 2.75) is 12.1 Å². The molecule has 25 heavy (non-hydrogen) atoms. The number of rotatable bonds is 4. The van der Waals surface area contributed by atoms with E-state index in [0.29, 0.717) is 0 Å². The molecule has 4 aromatic rings. The average Bonchev–Trinajstić information content (AvgIpc) is 3.39. The van der Waals surface area contributed by atoms with Crippen molar-refractivity contribution in [2.75, 3.05) is 0 Å². The van der Waals surface area contributed by atoms with Crippen LogP contribution >= 0.6 is 0 Å². The smallest absolute Gasteiger partial charge is 0.214 e. The van der Waals surface area contributed by atoms with Gasteiger partial charge in [-0.1, -0.05) is 12.1 Å². The first-order valence-corrected chi connectivity index (χ1v) is 9.32. The second-order valence-corrected chi connectivity index (χ2v) is 6.32. The van der Waals surface area contributed by atoms with Gasteiger partial charge in [0.1, 0.15) is 0 Å². The standard InChI is InChI=1S/C12H12Si.2C5H5.2Fe/c1-2-6-11(5-1)9-13-10-12-7-3-4-8-12;2*1-2-4-5-3-1;;/h1-8H,9-10H2;2*1-5H;;/q-2;2*-1;2*+2. The zero-order chi connectivity index (χ0) is 16.0. The summed E-state index contributed by atoms with van der Waals surface area (Å²) < 4.78 is 0. The quantitative estimate of drug-likeness (QED) is 0.306. The van der Waals surface area contributed by atoms with Gasteiger partial charge >= 0.3 is 34.1 Å². The largest absolute Gasteiger partial charge is 2.00 e. The van der Waals surface area contributed by atoms with Gasteiger partial charge in [-0.25, -0.2) is 48.5 Å². The van der Waals surface area contributed by atoms with E-state index in [1.165, 1.54) is 23.2 Å². The summed E-state index contributed by atoms with van der Waals surface area (Å²) in [7, 11) is 1.02. The van der Waals surface area contributed by atoms with Crippen molar-refractivity contribution in [1.82, 2.24) is 0 Å². The topological polar surface area (TPSA) is 0 Å². The van der Waals surface area contributed by atoms with Gasteiger partial charge in [-0.3, -0.25) is 0 Å². The monoisotopic (exact) mass is 426 g/mol. The molecule has 3 heteroatoms. The maximum absolute atomic E-state index is 2.21. The van der Waals surface area contributed by atoms with Gasteiger partial charge in [0, 0.05) is 9.52 Å². The van der Waals surface area contributed by atoms with E-state index in [1.807, 2.05) is 60.7 Å². The van der Waals surface area contributed by atoms with E-state index in [1.54, 1.807) is 0 Å². The average molecular weight is 426 g/mol. The molecule has 0 aromatic heterocycles. The van der Waals surface area contributed by atoms with Crippen LogP contribution in [-0.4, -0.2) is 9.52 Å². The molecule has 0 unspecified atom stereocenters. The molecule has 0 atom stereocenters. The van der Waals surface area contributed by atoms with Crippen LogP contribution in [0.5, 0.6) is 0 Å². The molecule has 0 nitrogen and oxygen atoms in total. The fourth-order valence-electron chi connectivity index (χ4n) is 2.06. The Balaban J connectivity index is 0.000000400. The fourth-order valence-corrected chi connectivity index (χ4v) is 3.23. The van der Waals surface area contributed by atoms with Crippen LogP contribution in [0.2, 0.25) is 0 Å². The molecule has 130 valence electrons. The Morgan fingerprint density at radius 3 is 1.08 bits per heavy atom. The van der Waals surface area contributed by atoms with Crippen molar-refractivity contribution in [3.63, 3.8) is 0 Å². The summed E-state index contributed by atoms with van der Waals surface area (Å²) in [6.07, 6.45) is 0. The third kappa shape index (κ3) is 11.8. The molecule has 0 aliphatic carbocycles. The maximum Gasteiger partial charge on any atom is 2.00 e. The van der Waals surface area contributed by atoms with E-state index in [9.17, 15) is 0 Å². The molecule has 0 aliphatic rings. The Labute approximate surface area is 175 Å². The van der Waals surface area contributed by atoms with Crippen LogP contribution in [0.1, 0.15) is 11.1 Å². The Morgan fingerprint density at radius 2 is 0.840 bits per heavy atom. The van der Waals surface area contributed by atoms with Crippen LogP contribution in [0.25, 0.3) is 0 Å². The van der Waals surface area contributed by atoms with Crippen molar-refractivity contribution in [3.8, 4) is 0 Å². The van der Waals surface area contributed by atoms with E-state index >= 15 is 0 Å². The van der Waals surface area contributed by atoms with Gasteiger partial charge in [-0.05, 0) is 0 Å². The third-order valence-corrected chi connectivity index (χ3v) is 4.55. The predicted octanol–water partition coefficient (Wildman–Crippen LogP) is 5.33. The van der Waals surface area contributed by atoms with E-state index in [4.69, 9.17) is 0 Å². The molecule has 0 amide bonds. The van der Waals surface area contributed by atoms with Crippen molar-refractivity contribution in [3.05, 3.63) is 120 Å². The molecule has 0 heterocycles. The van der Waals surface area contributed by atoms with Gasteiger partial charge < -0.3 is 0 Å². The number of hydrogen-bond acceptors (Lipinski definition) is 0. The molecule has 0 spiro atoms. The molecule has 4 rings (SSSR count). The predicted molar refractivity (Wildman–Crippen MR) is 101 cm³/mol. The Hall–Kier alpha value is -1.34. The normalized spacial score (nSPS) is 8.64. The third-order valence-electron chi connectivity index (χ3n) is 3.23. The van der Waals surface area contributed by atoms with Crippen molar-refractivity contribution >= 4 is 9.52 Å². The first kappa shape index (κ1) is 23.7. The maximum atomic E-state index is 2.21. The van der Waals surface area contributed by atoms with Gasteiger partial charge in [-0.2, -0.15) is 71.8 Å². The molecule has 2 radical (unpaired) electrons. The molecule has 4 aromatic carbocycles. The first-order chi connectivity index (χ1) is 11.4. The van der Waals surface area contributed by atoms with Crippen LogP contribution in [0, 0.1) is 0 Å². The second kappa shape index (κ2) is 16.1. The molecule has 0 saturated heterocycles. The zero-order valence-corrected chi connectivity index (χ0v) is 17.2. The Kier molecular flexibility index (Phi) is 15.3. The second-order valence-electron chi connectivity index (χ2n) is 5.11. The molecule has 0 saturated carbocycles. The number of hydrogen-bond donors (Lipinski definition) is 0. The van der Waals surface area contributed by atoms with Crippen LogP contribution in [0.15, 0.2) is 109 Å². The van der Waals surface area contributed by atoms with Crippen molar-refractivity contribution in [2.24, 2.45) is 0 Å². The minimum atomic E-state index is 0. The summed E-state index contributed by atoms with van der Waals surface area (Å²) in [4.78, 5) is 0. The van der Waals surface area contributed by atoms with E-state index in [2.05, 4.69) is 48.5 Å². The SMILES string of the molecule is [Fe+2].[Fe+2].c1cc[c-](C[Si]C[c-]2cccc2)c1.c1cc[cH-]c1.c1cc[cH-]c1. The van der Waals surface area contributed by atoms with Gasteiger partial charge in [0.2, 0.25) is 0 Å². The molecular formula is C22H22Fe2Si. The van der Waals surface area contributed by atoms with Crippen LogP contribution in [-0.2, 0) is 46.2 Å². The minimum Gasteiger partial charge on any atom is -0.214 e. The molecule has 0 fully saturated rings. The summed E-state index contributed by atoms with van der Waals surface area (Å²) in [6.45, 7) is 0. The van der Waals surface area contributed by atoms with Crippen LogP contribution < -0.4 is 0 Å². The first-order valence-electron chi connectivity index (χ1n) is 7.90. The molecule has 0 bridgehead atoms. The van der Waals surface area contributed by atoms with Gasteiger partial charge in [-0.15, -0.1) is 0 Å². The van der Waals surface area contributed by atoms with Crippen LogP contribution in [0.4, 0.5) is 0 Å². The Bertz CT molecular complexity index is 553. The molecular weight excluding hydrogens is 404 g/mol.